The Balaban J connectivity index is 5.26. The average molecular weight is 962 g/mol. The first-order valence-corrected chi connectivity index (χ1v) is 28.7. The summed E-state index contributed by atoms with van der Waals surface area (Å²) >= 11 is 0. The predicted octanol–water partition coefficient (Wildman–Crippen LogP) is 16.3. The number of carbonyl (C=O) groups is 3. The van der Waals surface area contributed by atoms with Crippen LogP contribution in [0.15, 0.2) is 36.5 Å². The van der Waals surface area contributed by atoms with Crippen LogP contribution in [-0.2, 0) is 28.6 Å². The van der Waals surface area contributed by atoms with Gasteiger partial charge in [-0.25, -0.2) is 0 Å². The summed E-state index contributed by atoms with van der Waals surface area (Å²) < 4.78 is 17.3. The lowest BCUT2D eigenvalue weighted by molar-refractivity contribution is -0.392. The number of unbranched alkanes of at least 4 members (excludes halogenated alkanes) is 33. The number of hydrogen-bond acceptors (Lipinski definition) is 9. The van der Waals surface area contributed by atoms with Crippen molar-refractivity contribution in [3.63, 3.8) is 0 Å². The maximum atomic E-state index is 13.5. The van der Waals surface area contributed by atoms with E-state index in [-0.39, 0.29) is 19.3 Å². The number of rotatable bonds is 52. The summed E-state index contributed by atoms with van der Waals surface area (Å²) in [5.74, 6) is -5.23. The summed E-state index contributed by atoms with van der Waals surface area (Å²) in [6.07, 6.45) is 56.5. The number of esters is 3. The van der Waals surface area contributed by atoms with Crippen molar-refractivity contribution in [2.75, 3.05) is 19.8 Å². The normalized spacial score (nSPS) is 12.3. The van der Waals surface area contributed by atoms with E-state index in [1.807, 2.05) is 0 Å². The molecule has 0 aliphatic heterocycles. The molecular formula is C59H108O9. The molecule has 0 unspecified atom stereocenters. The Morgan fingerprint density at radius 1 is 0.309 bits per heavy atom. The molecule has 68 heavy (non-hydrogen) atoms. The highest BCUT2D eigenvalue weighted by atomic mass is 16.9. The molecule has 0 aromatic heterocycles. The lowest BCUT2D eigenvalue weighted by Gasteiger charge is -2.43. The molecule has 0 radical (unpaired) electrons. The van der Waals surface area contributed by atoms with Gasteiger partial charge in [-0.3, -0.25) is 14.4 Å². The predicted molar refractivity (Wildman–Crippen MR) is 283 cm³/mol. The van der Waals surface area contributed by atoms with Gasteiger partial charge in [-0.2, -0.15) is 0 Å². The third-order valence-electron chi connectivity index (χ3n) is 13.2. The molecule has 0 rings (SSSR count). The fourth-order valence-corrected chi connectivity index (χ4v) is 8.45. The Labute approximate surface area is 418 Å². The molecule has 9 nitrogen and oxygen atoms in total. The Bertz CT molecular complexity index is 1080. The Kier molecular flexibility index (Phi) is 47.7. The van der Waals surface area contributed by atoms with E-state index in [0.717, 1.165) is 116 Å². The fourth-order valence-electron chi connectivity index (χ4n) is 8.45. The van der Waals surface area contributed by atoms with Gasteiger partial charge in [-0.05, 0) is 96.3 Å². The molecule has 0 heterocycles. The van der Waals surface area contributed by atoms with Gasteiger partial charge in [0.05, 0.1) is 19.8 Å². The van der Waals surface area contributed by atoms with Crippen molar-refractivity contribution < 1.29 is 43.9 Å². The van der Waals surface area contributed by atoms with Crippen molar-refractivity contribution >= 4 is 17.9 Å². The van der Waals surface area contributed by atoms with Crippen LogP contribution in [0.3, 0.4) is 0 Å². The van der Waals surface area contributed by atoms with Gasteiger partial charge in [-0.1, -0.05) is 211 Å². The molecule has 0 bridgehead atoms. The van der Waals surface area contributed by atoms with E-state index in [4.69, 9.17) is 14.2 Å². The highest BCUT2D eigenvalue weighted by Gasteiger charge is 2.62. The minimum Gasteiger partial charge on any atom is -0.395 e. The van der Waals surface area contributed by atoms with Gasteiger partial charge in [0.15, 0.2) is 5.41 Å². The monoisotopic (exact) mass is 961 g/mol. The van der Waals surface area contributed by atoms with E-state index >= 15 is 0 Å². The van der Waals surface area contributed by atoms with E-state index in [9.17, 15) is 29.7 Å². The minimum atomic E-state index is -2.83. The molecule has 0 amide bonds. The zero-order chi connectivity index (χ0) is 49.9. The van der Waals surface area contributed by atoms with Crippen LogP contribution >= 0.6 is 0 Å². The molecule has 0 saturated carbocycles. The van der Waals surface area contributed by atoms with Crippen LogP contribution in [0.2, 0.25) is 0 Å². The molecule has 0 atom stereocenters. The number of allylic oxidation sites excluding steroid dienone is 6. The molecule has 9 heteroatoms. The van der Waals surface area contributed by atoms with Crippen molar-refractivity contribution in [2.45, 2.75) is 296 Å². The van der Waals surface area contributed by atoms with Gasteiger partial charge in [0, 0.05) is 19.3 Å². The van der Waals surface area contributed by atoms with Crippen LogP contribution in [0.5, 0.6) is 0 Å². The zero-order valence-electron chi connectivity index (χ0n) is 44.6. The van der Waals surface area contributed by atoms with Crippen LogP contribution in [0.25, 0.3) is 0 Å². The van der Waals surface area contributed by atoms with Crippen molar-refractivity contribution in [3.8, 4) is 0 Å². The summed E-state index contributed by atoms with van der Waals surface area (Å²) in [6.45, 7) is 3.81. The molecule has 0 aliphatic rings. The number of ether oxygens (including phenoxy) is 3. The summed E-state index contributed by atoms with van der Waals surface area (Å²) in [4.78, 5) is 40.5. The van der Waals surface area contributed by atoms with Crippen LogP contribution in [0.1, 0.15) is 290 Å². The van der Waals surface area contributed by atoms with Gasteiger partial charge in [0.2, 0.25) is 0 Å². The summed E-state index contributed by atoms with van der Waals surface area (Å²) in [5.41, 5.74) is -2.19. The minimum absolute atomic E-state index is 0.0458. The molecule has 0 aliphatic carbocycles. The second-order valence-corrected chi connectivity index (χ2v) is 19.7. The Morgan fingerprint density at radius 2 is 0.500 bits per heavy atom. The first-order valence-electron chi connectivity index (χ1n) is 28.7. The van der Waals surface area contributed by atoms with Crippen molar-refractivity contribution in [1.82, 2.24) is 0 Å². The zero-order valence-corrected chi connectivity index (χ0v) is 44.6. The molecular weight excluding hydrogens is 853 g/mol. The lowest BCUT2D eigenvalue weighted by Crippen LogP contribution is -2.62. The van der Waals surface area contributed by atoms with Gasteiger partial charge in [0.1, 0.15) is 0 Å². The van der Waals surface area contributed by atoms with Crippen LogP contribution < -0.4 is 0 Å². The van der Waals surface area contributed by atoms with Crippen LogP contribution in [-0.4, -0.2) is 59.0 Å². The number of aliphatic hydroxyl groups is 3. The molecule has 0 spiro atoms. The van der Waals surface area contributed by atoms with Gasteiger partial charge < -0.3 is 29.5 Å². The highest BCUT2D eigenvalue weighted by Crippen LogP contribution is 2.39. The second-order valence-electron chi connectivity index (χ2n) is 19.7. The third kappa shape index (κ3) is 37.4. The largest absolute Gasteiger partial charge is 0.436 e. The Hall–Kier alpha value is -2.49. The van der Waals surface area contributed by atoms with Crippen molar-refractivity contribution in [1.29, 1.82) is 0 Å². The SMILES string of the molecule is CCCCCCCC/C=C\CCCCCCCC(=O)OC(OC(=O)CCCCCCC/C=C\CCCCCCCC)(OC(=O)CCCCCCC/C=C\CCCCCCCC)C(CO)(CO)CO. The van der Waals surface area contributed by atoms with E-state index < -0.39 is 49.1 Å². The van der Waals surface area contributed by atoms with Gasteiger partial charge >= 0.3 is 23.9 Å². The maximum Gasteiger partial charge on any atom is 0.436 e. The van der Waals surface area contributed by atoms with Gasteiger partial charge in [0.25, 0.3) is 0 Å². The van der Waals surface area contributed by atoms with Crippen LogP contribution in [0.4, 0.5) is 0 Å². The molecule has 0 fully saturated rings. The number of carbonyl (C=O) groups excluding carboxylic acids is 3. The van der Waals surface area contributed by atoms with E-state index in [1.54, 1.807) is 0 Å². The molecule has 0 aromatic carbocycles. The van der Waals surface area contributed by atoms with E-state index in [0.29, 0.717) is 19.3 Å². The molecule has 3 N–H and O–H groups in total. The van der Waals surface area contributed by atoms with E-state index in [1.165, 1.54) is 116 Å². The third-order valence-corrected chi connectivity index (χ3v) is 13.2. The first-order chi connectivity index (χ1) is 33.3. The quantitative estimate of drug-likeness (QED) is 0.0235. The fraction of sp³-hybridized carbons (Fsp3) is 0.847. The maximum absolute atomic E-state index is 13.5. The van der Waals surface area contributed by atoms with Crippen molar-refractivity contribution in [3.05, 3.63) is 36.5 Å². The van der Waals surface area contributed by atoms with Crippen molar-refractivity contribution in [2.24, 2.45) is 5.41 Å². The number of aliphatic hydroxyl groups excluding tert-OH is 3. The topological polar surface area (TPSA) is 140 Å². The smallest absolute Gasteiger partial charge is 0.395 e. The van der Waals surface area contributed by atoms with Gasteiger partial charge in [-0.15, -0.1) is 0 Å². The number of hydrogen-bond donors (Lipinski definition) is 3. The highest BCUT2D eigenvalue weighted by molar-refractivity contribution is 5.74. The standard InChI is InChI=1S/C59H108O9/c1-4-7-10-13-16-19-22-25-28-31-34-37-40-43-46-49-55(63)66-59(58(52-60,53-61)54-62,67-56(64)50-47-44-41-38-35-32-29-26-23-20-17-14-11-8-5-2)68-57(65)51-48-45-42-39-36-33-30-27-24-21-18-15-12-9-6-3/h25-30,60-62H,4-24,31-54H2,1-3H3/b28-25-,29-26-,30-27-. The molecule has 0 saturated heterocycles. The summed E-state index contributed by atoms with van der Waals surface area (Å²) in [7, 11) is 0. The van der Waals surface area contributed by atoms with Crippen LogP contribution in [0, 0.1) is 5.41 Å². The first kappa shape index (κ1) is 65.5. The second kappa shape index (κ2) is 49.5. The molecule has 0 aromatic rings. The lowest BCUT2D eigenvalue weighted by atomic mass is 9.87. The molecule has 398 valence electrons. The summed E-state index contributed by atoms with van der Waals surface area (Å²) in [6, 6.07) is 0. The van der Waals surface area contributed by atoms with E-state index in [2.05, 4.69) is 57.2 Å². The average Bonchev–Trinajstić information content (AvgIpc) is 3.33. The Morgan fingerprint density at radius 3 is 0.706 bits per heavy atom. The summed E-state index contributed by atoms with van der Waals surface area (Å²) in [5, 5.41) is 31.8.